The first-order valence-electron chi connectivity index (χ1n) is 8.87. The second kappa shape index (κ2) is 7.55. The number of nitrogens with one attached hydrogen (secondary N) is 2. The van der Waals surface area contributed by atoms with Gasteiger partial charge in [0.05, 0.1) is 12.1 Å². The number of anilines is 1. The zero-order chi connectivity index (χ0) is 18.7. The van der Waals surface area contributed by atoms with Gasteiger partial charge in [0.25, 0.3) is 0 Å². The van der Waals surface area contributed by atoms with Crippen LogP contribution in [0.25, 0.3) is 0 Å². The van der Waals surface area contributed by atoms with Gasteiger partial charge in [0.2, 0.25) is 11.8 Å². The van der Waals surface area contributed by atoms with Gasteiger partial charge in [-0.3, -0.25) is 9.59 Å². The van der Waals surface area contributed by atoms with Gasteiger partial charge >= 0.3 is 6.18 Å². The number of halogens is 3. The molecule has 2 aliphatic rings. The van der Waals surface area contributed by atoms with E-state index in [0.717, 1.165) is 25.0 Å². The van der Waals surface area contributed by atoms with E-state index in [-0.39, 0.29) is 18.4 Å². The van der Waals surface area contributed by atoms with E-state index in [9.17, 15) is 22.8 Å². The lowest BCUT2D eigenvalue weighted by atomic mass is 9.99. The Hall–Kier alpha value is -2.25. The number of amides is 2. The number of rotatable bonds is 3. The highest BCUT2D eigenvalue weighted by Gasteiger charge is 2.32. The Morgan fingerprint density at radius 2 is 2.08 bits per heavy atom. The Morgan fingerprint density at radius 3 is 2.85 bits per heavy atom. The van der Waals surface area contributed by atoms with Gasteiger partial charge in [-0.15, -0.1) is 0 Å². The van der Waals surface area contributed by atoms with Gasteiger partial charge < -0.3 is 15.5 Å². The van der Waals surface area contributed by atoms with Crippen molar-refractivity contribution in [3.05, 3.63) is 29.3 Å². The van der Waals surface area contributed by atoms with Crippen molar-refractivity contribution in [2.24, 2.45) is 0 Å². The van der Waals surface area contributed by atoms with Crippen LogP contribution in [-0.4, -0.2) is 37.5 Å². The predicted octanol–water partition coefficient (Wildman–Crippen LogP) is 2.24. The van der Waals surface area contributed by atoms with Crippen LogP contribution in [0.15, 0.2) is 18.2 Å². The highest BCUT2D eigenvalue weighted by atomic mass is 19.4. The van der Waals surface area contributed by atoms with Crippen LogP contribution < -0.4 is 15.5 Å². The van der Waals surface area contributed by atoms with E-state index in [1.54, 1.807) is 4.90 Å². The van der Waals surface area contributed by atoms with Crippen LogP contribution in [0.1, 0.15) is 36.8 Å². The van der Waals surface area contributed by atoms with Gasteiger partial charge in [-0.05, 0) is 55.9 Å². The minimum Gasteiger partial charge on any atom is -0.362 e. The minimum atomic E-state index is -4.37. The molecule has 0 radical (unpaired) electrons. The van der Waals surface area contributed by atoms with Crippen LogP contribution in [0, 0.1) is 0 Å². The Bertz CT molecular complexity index is 691. The van der Waals surface area contributed by atoms with Crippen molar-refractivity contribution in [3.63, 3.8) is 0 Å². The summed E-state index contributed by atoms with van der Waals surface area (Å²) in [7, 11) is 0. The van der Waals surface area contributed by atoms with Gasteiger partial charge in [-0.1, -0.05) is 0 Å². The summed E-state index contributed by atoms with van der Waals surface area (Å²) in [5.41, 5.74) is 0.591. The first kappa shape index (κ1) is 18.5. The van der Waals surface area contributed by atoms with Crippen LogP contribution >= 0.6 is 0 Å². The maximum absolute atomic E-state index is 12.9. The van der Waals surface area contributed by atoms with E-state index >= 15 is 0 Å². The Labute approximate surface area is 149 Å². The van der Waals surface area contributed by atoms with E-state index in [4.69, 9.17) is 0 Å². The lowest BCUT2D eigenvalue weighted by Gasteiger charge is -2.31. The van der Waals surface area contributed by atoms with Gasteiger partial charge in [0.15, 0.2) is 0 Å². The molecular formula is C18H22F3N3O2. The monoisotopic (exact) mass is 369 g/mol. The van der Waals surface area contributed by atoms with Crippen molar-refractivity contribution in [3.8, 4) is 0 Å². The summed E-state index contributed by atoms with van der Waals surface area (Å²) in [4.78, 5) is 26.1. The Morgan fingerprint density at radius 1 is 1.27 bits per heavy atom. The smallest absolute Gasteiger partial charge is 0.362 e. The van der Waals surface area contributed by atoms with Crippen molar-refractivity contribution >= 4 is 17.5 Å². The highest BCUT2D eigenvalue weighted by Crippen LogP contribution is 2.35. The molecule has 26 heavy (non-hydrogen) atoms. The van der Waals surface area contributed by atoms with E-state index in [1.807, 2.05) is 0 Å². The van der Waals surface area contributed by atoms with Gasteiger partial charge in [-0.2, -0.15) is 13.2 Å². The molecule has 0 unspecified atom stereocenters. The standard InChI is InChI=1S/C18H22F3N3O2/c19-18(20,21)13-6-7-15-12(10-13)4-3-9-24(15)11-16(25)23-14-5-1-2-8-22-17(14)26/h6-7,10,14H,1-5,8-9,11H2,(H,22,26)(H,23,25)/t14-/m0/s1. The van der Waals surface area contributed by atoms with Gasteiger partial charge in [0.1, 0.15) is 6.04 Å². The number of hydrogen-bond acceptors (Lipinski definition) is 3. The quantitative estimate of drug-likeness (QED) is 0.859. The molecule has 3 rings (SSSR count). The molecular weight excluding hydrogens is 347 g/mol. The number of alkyl halides is 3. The van der Waals surface area contributed by atoms with E-state index < -0.39 is 17.8 Å². The molecule has 2 heterocycles. The van der Waals surface area contributed by atoms with Crippen LogP contribution in [0.4, 0.5) is 18.9 Å². The molecule has 1 saturated heterocycles. The third kappa shape index (κ3) is 4.28. The molecule has 8 heteroatoms. The molecule has 1 aromatic rings. The van der Waals surface area contributed by atoms with Crippen LogP contribution in [0.3, 0.4) is 0 Å². The Kier molecular flexibility index (Phi) is 5.38. The maximum Gasteiger partial charge on any atom is 0.416 e. The van der Waals surface area contributed by atoms with Crippen molar-refractivity contribution in [1.82, 2.24) is 10.6 Å². The lowest BCUT2D eigenvalue weighted by Crippen LogP contribution is -2.49. The van der Waals surface area contributed by atoms with Crippen molar-refractivity contribution in [2.75, 3.05) is 24.5 Å². The lowest BCUT2D eigenvalue weighted by molar-refractivity contribution is -0.137. The molecule has 0 aliphatic carbocycles. The molecule has 142 valence electrons. The molecule has 0 spiro atoms. The normalized spacial score (nSPS) is 20.8. The fourth-order valence-electron chi connectivity index (χ4n) is 3.51. The van der Waals surface area contributed by atoms with Crippen LogP contribution in [0.2, 0.25) is 0 Å². The van der Waals surface area contributed by atoms with Crippen molar-refractivity contribution in [1.29, 1.82) is 0 Å². The summed E-state index contributed by atoms with van der Waals surface area (Å²) in [6.45, 7) is 1.25. The second-order valence-electron chi connectivity index (χ2n) is 6.77. The molecule has 5 nitrogen and oxygen atoms in total. The minimum absolute atomic E-state index is 0.0299. The first-order chi connectivity index (χ1) is 12.3. The summed E-state index contributed by atoms with van der Waals surface area (Å²) in [5, 5.41) is 5.52. The molecule has 0 bridgehead atoms. The summed E-state index contributed by atoms with van der Waals surface area (Å²) < 4.78 is 38.6. The number of benzene rings is 1. The van der Waals surface area contributed by atoms with Crippen LogP contribution in [0.5, 0.6) is 0 Å². The molecule has 1 fully saturated rings. The summed E-state index contributed by atoms with van der Waals surface area (Å²) in [6, 6.07) is 3.11. The van der Waals surface area contributed by atoms with E-state index in [2.05, 4.69) is 10.6 Å². The number of aryl methyl sites for hydroxylation is 1. The number of nitrogens with zero attached hydrogens (tertiary/aromatic N) is 1. The molecule has 2 aliphatic heterocycles. The average molecular weight is 369 g/mol. The average Bonchev–Trinajstić information content (AvgIpc) is 2.78. The van der Waals surface area contributed by atoms with Gasteiger partial charge in [0, 0.05) is 18.8 Å². The van der Waals surface area contributed by atoms with E-state index in [0.29, 0.717) is 43.6 Å². The number of carbonyl (C=O) groups is 2. The zero-order valence-corrected chi connectivity index (χ0v) is 14.4. The zero-order valence-electron chi connectivity index (χ0n) is 14.4. The highest BCUT2D eigenvalue weighted by molar-refractivity contribution is 5.89. The topological polar surface area (TPSA) is 61.4 Å². The third-order valence-corrected chi connectivity index (χ3v) is 4.83. The molecule has 2 N–H and O–H groups in total. The number of hydrogen-bond donors (Lipinski definition) is 2. The number of carbonyl (C=O) groups excluding carboxylic acids is 2. The molecule has 0 aromatic heterocycles. The molecule has 1 aromatic carbocycles. The summed E-state index contributed by atoms with van der Waals surface area (Å²) in [6.07, 6.45) is -0.784. The fraction of sp³-hybridized carbons (Fsp3) is 0.556. The third-order valence-electron chi connectivity index (χ3n) is 4.83. The summed E-state index contributed by atoms with van der Waals surface area (Å²) in [5.74, 6) is -0.468. The second-order valence-corrected chi connectivity index (χ2v) is 6.77. The van der Waals surface area contributed by atoms with E-state index in [1.165, 1.54) is 6.07 Å². The maximum atomic E-state index is 12.9. The van der Waals surface area contributed by atoms with Crippen molar-refractivity contribution in [2.45, 2.75) is 44.3 Å². The predicted molar refractivity (Wildman–Crippen MR) is 90.8 cm³/mol. The fourth-order valence-corrected chi connectivity index (χ4v) is 3.51. The van der Waals surface area contributed by atoms with Crippen molar-refractivity contribution < 1.29 is 22.8 Å². The summed E-state index contributed by atoms with van der Waals surface area (Å²) >= 11 is 0. The molecule has 2 amide bonds. The molecule has 1 atom stereocenters. The first-order valence-corrected chi connectivity index (χ1v) is 8.87. The van der Waals surface area contributed by atoms with Gasteiger partial charge in [-0.25, -0.2) is 0 Å². The molecule has 0 saturated carbocycles. The number of fused-ring (bicyclic) bond motifs is 1. The van der Waals surface area contributed by atoms with Crippen LogP contribution in [-0.2, 0) is 22.2 Å². The SMILES string of the molecule is O=C(CN1CCCc2cc(C(F)(F)F)ccc21)N[C@H]1CCCCNC1=O. The Balaban J connectivity index is 1.67. The largest absolute Gasteiger partial charge is 0.416 e.